The third kappa shape index (κ3) is 2.88. The number of hydrogen-bond acceptors (Lipinski definition) is 5. The maximum absolute atomic E-state index is 13.4. The Kier molecular flexibility index (Phi) is 4.32. The van der Waals surface area contributed by atoms with Gasteiger partial charge >= 0.3 is 0 Å². The van der Waals surface area contributed by atoms with Crippen molar-refractivity contribution in [2.24, 2.45) is 11.8 Å². The molecule has 0 aliphatic carbocycles. The first-order chi connectivity index (χ1) is 14.4. The topological polar surface area (TPSA) is 75.9 Å². The highest BCUT2D eigenvalue weighted by Crippen LogP contribution is 2.52. The second kappa shape index (κ2) is 6.80. The normalized spacial score (nSPS) is 29.0. The predicted octanol–water partition coefficient (Wildman–Crippen LogP) is 2.23. The maximum Gasteiger partial charge on any atom is 0.230 e. The number of carbonyl (C=O) groups is 2. The summed E-state index contributed by atoms with van der Waals surface area (Å²) in [5, 5.41) is 3.69. The van der Waals surface area contributed by atoms with Gasteiger partial charge in [0.15, 0.2) is 5.76 Å². The SMILES string of the molecule is Cc1ccc(CN2C[C@@]34C=C[C@@H](O3)C(C(=O)N(C)Cc3ccno3)C4C2=O)cc1C. The summed E-state index contributed by atoms with van der Waals surface area (Å²) < 4.78 is 11.3. The van der Waals surface area contributed by atoms with Crippen LogP contribution in [0, 0.1) is 25.7 Å². The minimum absolute atomic E-state index is 0.00788. The summed E-state index contributed by atoms with van der Waals surface area (Å²) >= 11 is 0. The van der Waals surface area contributed by atoms with Gasteiger partial charge in [0.05, 0.1) is 37.2 Å². The number of fused-ring (bicyclic) bond motifs is 1. The zero-order chi connectivity index (χ0) is 21.0. The number of amides is 2. The van der Waals surface area contributed by atoms with Crippen molar-refractivity contribution in [1.29, 1.82) is 0 Å². The zero-order valence-corrected chi connectivity index (χ0v) is 17.4. The summed E-state index contributed by atoms with van der Waals surface area (Å²) in [6.07, 6.45) is 5.12. The van der Waals surface area contributed by atoms with Crippen LogP contribution in [0.3, 0.4) is 0 Å². The molecule has 2 saturated heterocycles. The predicted molar refractivity (Wildman–Crippen MR) is 108 cm³/mol. The molecule has 1 aromatic carbocycles. The van der Waals surface area contributed by atoms with Gasteiger partial charge in [0.1, 0.15) is 5.60 Å². The van der Waals surface area contributed by atoms with Crippen LogP contribution in [-0.2, 0) is 27.4 Å². The molecule has 0 N–H and O–H groups in total. The lowest BCUT2D eigenvalue weighted by atomic mass is 9.76. The van der Waals surface area contributed by atoms with E-state index in [1.54, 1.807) is 24.2 Å². The molecular weight excluding hydrogens is 382 g/mol. The molecule has 3 aliphatic heterocycles. The highest BCUT2D eigenvalue weighted by Gasteiger charge is 2.67. The summed E-state index contributed by atoms with van der Waals surface area (Å²) in [6.45, 7) is 5.46. The van der Waals surface area contributed by atoms with Crippen LogP contribution in [0.2, 0.25) is 0 Å². The number of benzene rings is 1. The molecular formula is C23H25N3O4. The molecule has 7 nitrogen and oxygen atoms in total. The maximum atomic E-state index is 13.4. The Morgan fingerprint density at radius 3 is 2.87 bits per heavy atom. The van der Waals surface area contributed by atoms with E-state index in [1.807, 2.05) is 17.1 Å². The van der Waals surface area contributed by atoms with Gasteiger partial charge in [-0.2, -0.15) is 0 Å². The van der Waals surface area contributed by atoms with Gasteiger partial charge < -0.3 is 19.1 Å². The number of hydrogen-bond donors (Lipinski definition) is 0. The first-order valence-electron chi connectivity index (χ1n) is 10.2. The molecule has 2 aromatic rings. The molecule has 3 aliphatic rings. The van der Waals surface area contributed by atoms with Gasteiger partial charge in [-0.1, -0.05) is 35.5 Å². The van der Waals surface area contributed by atoms with Gasteiger partial charge in [0.2, 0.25) is 11.8 Å². The molecule has 4 heterocycles. The summed E-state index contributed by atoms with van der Waals surface area (Å²) in [5.41, 5.74) is 2.82. The van der Waals surface area contributed by atoms with E-state index in [0.717, 1.165) is 5.56 Å². The summed E-state index contributed by atoms with van der Waals surface area (Å²) in [6, 6.07) is 7.99. The number of nitrogens with zero attached hydrogens (tertiary/aromatic N) is 3. The van der Waals surface area contributed by atoms with E-state index in [9.17, 15) is 9.59 Å². The molecule has 1 spiro atoms. The zero-order valence-electron chi connectivity index (χ0n) is 17.4. The van der Waals surface area contributed by atoms with Crippen LogP contribution < -0.4 is 0 Å². The number of ether oxygens (including phenoxy) is 1. The number of carbonyl (C=O) groups excluding carboxylic acids is 2. The van der Waals surface area contributed by atoms with Crippen molar-refractivity contribution in [3.63, 3.8) is 0 Å². The van der Waals surface area contributed by atoms with Gasteiger partial charge in [-0.3, -0.25) is 9.59 Å². The second-order valence-electron chi connectivity index (χ2n) is 8.69. The lowest BCUT2D eigenvalue weighted by Gasteiger charge is -2.27. The molecule has 0 saturated carbocycles. The van der Waals surface area contributed by atoms with E-state index in [2.05, 4.69) is 37.2 Å². The lowest BCUT2D eigenvalue weighted by Crippen LogP contribution is -2.44. The number of aromatic nitrogens is 1. The van der Waals surface area contributed by atoms with Crippen molar-refractivity contribution in [1.82, 2.24) is 15.0 Å². The first-order valence-corrected chi connectivity index (χ1v) is 10.2. The molecule has 2 fully saturated rings. The third-order valence-corrected chi connectivity index (χ3v) is 6.67. The monoisotopic (exact) mass is 407 g/mol. The van der Waals surface area contributed by atoms with Crippen LogP contribution in [0.15, 0.2) is 47.1 Å². The molecule has 30 heavy (non-hydrogen) atoms. The Morgan fingerprint density at radius 2 is 2.13 bits per heavy atom. The van der Waals surface area contributed by atoms with Crippen molar-refractivity contribution >= 4 is 11.8 Å². The van der Waals surface area contributed by atoms with E-state index >= 15 is 0 Å². The van der Waals surface area contributed by atoms with Crippen LogP contribution in [0.25, 0.3) is 0 Å². The Balaban J connectivity index is 1.36. The minimum atomic E-state index is -0.700. The van der Waals surface area contributed by atoms with E-state index < -0.39 is 17.4 Å². The molecule has 1 aromatic heterocycles. The van der Waals surface area contributed by atoms with Gasteiger partial charge in [-0.15, -0.1) is 0 Å². The van der Waals surface area contributed by atoms with Gasteiger partial charge in [-0.25, -0.2) is 0 Å². The highest BCUT2D eigenvalue weighted by atomic mass is 16.5. The minimum Gasteiger partial charge on any atom is -0.360 e. The Morgan fingerprint density at radius 1 is 1.30 bits per heavy atom. The smallest absolute Gasteiger partial charge is 0.230 e. The van der Waals surface area contributed by atoms with Crippen molar-refractivity contribution < 1.29 is 18.8 Å². The standard InChI is InChI=1S/C23H25N3O4/c1-14-4-5-16(10-15(14)2)11-26-13-23-8-6-18(29-23)19(20(23)22(26)28)21(27)25(3)12-17-7-9-24-30-17/h4-10,18-20H,11-13H2,1-3H3/t18-,19?,20?,23-/m1/s1. The van der Waals surface area contributed by atoms with Gasteiger partial charge in [-0.05, 0) is 30.5 Å². The second-order valence-corrected chi connectivity index (χ2v) is 8.69. The number of likely N-dealkylation sites (tertiary alicyclic amines) is 1. The largest absolute Gasteiger partial charge is 0.360 e. The van der Waals surface area contributed by atoms with E-state index in [1.165, 1.54) is 11.1 Å². The Hall–Kier alpha value is -2.93. The van der Waals surface area contributed by atoms with E-state index in [-0.39, 0.29) is 17.9 Å². The quantitative estimate of drug-likeness (QED) is 0.711. The molecule has 2 bridgehead atoms. The third-order valence-electron chi connectivity index (χ3n) is 6.67. The van der Waals surface area contributed by atoms with E-state index in [0.29, 0.717) is 25.4 Å². The van der Waals surface area contributed by atoms with Crippen molar-refractivity contribution in [2.45, 2.75) is 38.6 Å². The van der Waals surface area contributed by atoms with Crippen molar-refractivity contribution in [3.05, 3.63) is 65.1 Å². The van der Waals surface area contributed by atoms with Crippen LogP contribution >= 0.6 is 0 Å². The summed E-state index contributed by atoms with van der Waals surface area (Å²) in [5.74, 6) is -0.501. The summed E-state index contributed by atoms with van der Waals surface area (Å²) in [7, 11) is 1.72. The molecule has 2 unspecified atom stereocenters. The molecule has 4 atom stereocenters. The van der Waals surface area contributed by atoms with Crippen LogP contribution in [0.4, 0.5) is 0 Å². The summed E-state index contributed by atoms with van der Waals surface area (Å²) in [4.78, 5) is 30.1. The fraction of sp³-hybridized carbons (Fsp3) is 0.435. The average Bonchev–Trinajstić information content (AvgIpc) is 3.47. The Bertz CT molecular complexity index is 1030. The Labute approximate surface area is 175 Å². The van der Waals surface area contributed by atoms with Crippen molar-refractivity contribution in [3.8, 4) is 0 Å². The van der Waals surface area contributed by atoms with Crippen LogP contribution in [-0.4, -0.2) is 52.1 Å². The van der Waals surface area contributed by atoms with Crippen LogP contribution in [0.5, 0.6) is 0 Å². The van der Waals surface area contributed by atoms with Gasteiger partial charge in [0, 0.05) is 19.7 Å². The lowest BCUT2D eigenvalue weighted by molar-refractivity contribution is -0.143. The highest BCUT2D eigenvalue weighted by molar-refractivity contribution is 5.93. The molecule has 5 rings (SSSR count). The van der Waals surface area contributed by atoms with E-state index in [4.69, 9.17) is 9.26 Å². The van der Waals surface area contributed by atoms with Crippen molar-refractivity contribution in [2.75, 3.05) is 13.6 Å². The number of rotatable bonds is 5. The molecule has 7 heteroatoms. The molecule has 0 radical (unpaired) electrons. The van der Waals surface area contributed by atoms with Crippen LogP contribution in [0.1, 0.15) is 22.5 Å². The molecule has 2 amide bonds. The number of aryl methyl sites for hydroxylation is 2. The fourth-order valence-electron chi connectivity index (χ4n) is 5.01. The molecule has 156 valence electrons. The van der Waals surface area contributed by atoms with Gasteiger partial charge in [0.25, 0.3) is 0 Å². The first kappa shape index (κ1) is 19.1. The average molecular weight is 407 g/mol. The fourth-order valence-corrected chi connectivity index (χ4v) is 5.01.